The molecule has 3 aromatic rings. The summed E-state index contributed by atoms with van der Waals surface area (Å²) in [6, 6.07) is 11.8. The molecule has 31 heavy (non-hydrogen) atoms. The first kappa shape index (κ1) is 21.1. The minimum Gasteiger partial charge on any atom is -0.493 e. The number of amides is 1. The van der Waals surface area contributed by atoms with Crippen LogP contribution in [-0.4, -0.2) is 45.0 Å². The molecule has 1 atom stereocenters. The lowest BCUT2D eigenvalue weighted by molar-refractivity contribution is -0.123. The molecular formula is C24H28N2O5. The zero-order valence-electron chi connectivity index (χ0n) is 18.1. The molecule has 0 radical (unpaired) electrons. The van der Waals surface area contributed by atoms with Gasteiger partial charge in [0.2, 0.25) is 0 Å². The van der Waals surface area contributed by atoms with Crippen LogP contribution in [0.4, 0.5) is 0 Å². The number of carbonyl (C=O) groups excluding carboxylic acids is 1. The smallest absolute Gasteiger partial charge is 0.258 e. The molecule has 1 N–H and O–H groups in total. The highest BCUT2D eigenvalue weighted by Gasteiger charge is 2.26. The van der Waals surface area contributed by atoms with E-state index in [4.69, 9.17) is 18.9 Å². The van der Waals surface area contributed by atoms with E-state index >= 15 is 0 Å². The first-order chi connectivity index (χ1) is 15.1. The summed E-state index contributed by atoms with van der Waals surface area (Å²) in [6.45, 7) is 1.36. The van der Waals surface area contributed by atoms with E-state index in [1.54, 1.807) is 21.3 Å². The molecule has 0 saturated heterocycles. The summed E-state index contributed by atoms with van der Waals surface area (Å²) in [6.07, 6.45) is 3.73. The summed E-state index contributed by atoms with van der Waals surface area (Å²) in [4.78, 5) is 12.6. The third-order valence-electron chi connectivity index (χ3n) is 5.73. The minimum absolute atomic E-state index is 0.0402. The second-order valence-corrected chi connectivity index (χ2v) is 7.54. The van der Waals surface area contributed by atoms with E-state index < -0.39 is 0 Å². The van der Waals surface area contributed by atoms with Crippen molar-refractivity contribution in [3.63, 3.8) is 0 Å². The fourth-order valence-corrected chi connectivity index (χ4v) is 4.17. The molecule has 164 valence electrons. The number of aryl methyl sites for hydroxylation is 1. The molecule has 7 nitrogen and oxygen atoms in total. The fraction of sp³-hybridized carbons (Fsp3) is 0.375. The maximum atomic E-state index is 12.6. The van der Waals surface area contributed by atoms with Gasteiger partial charge in [-0.1, -0.05) is 6.07 Å². The summed E-state index contributed by atoms with van der Waals surface area (Å²) in [7, 11) is 4.93. The molecular weight excluding hydrogens is 396 g/mol. The number of rotatable bonds is 9. The third kappa shape index (κ3) is 4.32. The second kappa shape index (κ2) is 9.31. The molecule has 1 amide bonds. The number of methoxy groups -OCH3 is 3. The quantitative estimate of drug-likeness (QED) is 0.569. The van der Waals surface area contributed by atoms with Crippen molar-refractivity contribution < 1.29 is 23.7 Å². The number of hydrogen-bond donors (Lipinski definition) is 1. The number of nitrogens with one attached hydrogen (secondary N) is 1. The van der Waals surface area contributed by atoms with Gasteiger partial charge < -0.3 is 28.8 Å². The molecule has 1 aliphatic carbocycles. The normalized spacial score (nSPS) is 15.0. The number of aromatic nitrogens is 1. The van der Waals surface area contributed by atoms with Gasteiger partial charge in [-0.25, -0.2) is 0 Å². The summed E-state index contributed by atoms with van der Waals surface area (Å²) in [5.74, 6) is 1.93. The van der Waals surface area contributed by atoms with Crippen molar-refractivity contribution >= 4 is 16.8 Å². The van der Waals surface area contributed by atoms with Crippen LogP contribution in [0.2, 0.25) is 0 Å². The summed E-state index contributed by atoms with van der Waals surface area (Å²) in [5, 5.41) is 4.07. The number of ether oxygens (including phenoxy) is 4. The molecule has 0 unspecified atom stereocenters. The number of hydrogen-bond acceptors (Lipinski definition) is 5. The van der Waals surface area contributed by atoms with E-state index in [9.17, 15) is 4.79 Å². The van der Waals surface area contributed by atoms with Crippen LogP contribution in [-0.2, 0) is 22.5 Å². The Hall–Kier alpha value is -3.19. The number of benzene rings is 2. The Labute approximate surface area is 181 Å². The fourth-order valence-electron chi connectivity index (χ4n) is 4.17. The van der Waals surface area contributed by atoms with Crippen molar-refractivity contribution in [3.8, 4) is 17.2 Å². The van der Waals surface area contributed by atoms with Crippen molar-refractivity contribution in [1.29, 1.82) is 0 Å². The number of fused-ring (bicyclic) bond motifs is 2. The summed E-state index contributed by atoms with van der Waals surface area (Å²) < 4.78 is 24.0. The van der Waals surface area contributed by atoms with Crippen LogP contribution < -0.4 is 19.5 Å². The van der Waals surface area contributed by atoms with Crippen LogP contribution in [0.25, 0.3) is 10.9 Å². The van der Waals surface area contributed by atoms with Gasteiger partial charge in [0.05, 0.1) is 32.4 Å². The van der Waals surface area contributed by atoms with Crippen molar-refractivity contribution in [1.82, 2.24) is 9.88 Å². The topological polar surface area (TPSA) is 71.0 Å². The number of carbonyl (C=O) groups is 1. The lowest BCUT2D eigenvalue weighted by atomic mass is 10.1. The molecule has 7 heteroatoms. The Morgan fingerprint density at radius 3 is 2.68 bits per heavy atom. The highest BCUT2D eigenvalue weighted by Crippen LogP contribution is 2.39. The van der Waals surface area contributed by atoms with Crippen LogP contribution in [0.3, 0.4) is 0 Å². The van der Waals surface area contributed by atoms with Crippen molar-refractivity contribution in [2.24, 2.45) is 0 Å². The second-order valence-electron chi connectivity index (χ2n) is 7.54. The number of nitrogens with zero attached hydrogens (tertiary/aromatic N) is 1. The Bertz CT molecular complexity index is 1080. The zero-order chi connectivity index (χ0) is 21.8. The van der Waals surface area contributed by atoms with Crippen LogP contribution >= 0.6 is 0 Å². The van der Waals surface area contributed by atoms with Crippen molar-refractivity contribution in [2.75, 3.05) is 34.5 Å². The van der Waals surface area contributed by atoms with Crippen molar-refractivity contribution in [2.45, 2.75) is 25.4 Å². The SMILES string of the molecule is COCCn1ccc2c(OCC(=O)N[C@@H]3CCc4cc(OC)c(OC)cc43)cccc21. The monoisotopic (exact) mass is 424 g/mol. The molecule has 0 aliphatic heterocycles. The lowest BCUT2D eigenvalue weighted by Crippen LogP contribution is -2.31. The first-order valence-electron chi connectivity index (χ1n) is 10.4. The van der Waals surface area contributed by atoms with Gasteiger partial charge in [0.25, 0.3) is 5.91 Å². The van der Waals surface area contributed by atoms with Gasteiger partial charge in [0.15, 0.2) is 18.1 Å². The van der Waals surface area contributed by atoms with Gasteiger partial charge in [-0.3, -0.25) is 4.79 Å². The highest BCUT2D eigenvalue weighted by atomic mass is 16.5. The van der Waals surface area contributed by atoms with Crippen LogP contribution in [0, 0.1) is 0 Å². The molecule has 1 aromatic heterocycles. The third-order valence-corrected chi connectivity index (χ3v) is 5.73. The van der Waals surface area contributed by atoms with Gasteiger partial charge in [-0.2, -0.15) is 0 Å². The highest BCUT2D eigenvalue weighted by molar-refractivity contribution is 5.87. The maximum absolute atomic E-state index is 12.6. The van der Waals surface area contributed by atoms with E-state index in [1.165, 1.54) is 5.56 Å². The van der Waals surface area contributed by atoms with E-state index in [2.05, 4.69) is 9.88 Å². The van der Waals surface area contributed by atoms with Crippen LogP contribution in [0.1, 0.15) is 23.6 Å². The molecule has 2 aromatic carbocycles. The zero-order valence-corrected chi connectivity index (χ0v) is 18.1. The van der Waals surface area contributed by atoms with Gasteiger partial charge in [-0.05, 0) is 54.3 Å². The molecule has 0 spiro atoms. The predicted molar refractivity (Wildman–Crippen MR) is 118 cm³/mol. The molecule has 1 aliphatic rings. The molecule has 0 bridgehead atoms. The Kier molecular flexibility index (Phi) is 6.32. The standard InChI is InChI=1S/C24H28N2O5/c1-28-12-11-26-10-9-17-20(26)5-4-6-21(17)31-15-24(27)25-19-8-7-16-13-22(29-2)23(30-3)14-18(16)19/h4-6,9-10,13-14,19H,7-8,11-12,15H2,1-3H3,(H,25,27)/t19-/m1/s1. The molecule has 0 saturated carbocycles. The Morgan fingerprint density at radius 1 is 1.10 bits per heavy atom. The van der Waals surface area contributed by atoms with Crippen LogP contribution in [0.5, 0.6) is 17.2 Å². The van der Waals surface area contributed by atoms with Gasteiger partial charge in [-0.15, -0.1) is 0 Å². The average Bonchev–Trinajstić information content (AvgIpc) is 3.39. The van der Waals surface area contributed by atoms with Gasteiger partial charge in [0, 0.05) is 25.2 Å². The van der Waals surface area contributed by atoms with E-state index in [0.29, 0.717) is 23.9 Å². The molecule has 4 rings (SSSR count). The lowest BCUT2D eigenvalue weighted by Gasteiger charge is -2.16. The largest absolute Gasteiger partial charge is 0.493 e. The molecule has 1 heterocycles. The van der Waals surface area contributed by atoms with Gasteiger partial charge in [0.1, 0.15) is 5.75 Å². The van der Waals surface area contributed by atoms with E-state index in [1.807, 2.05) is 42.6 Å². The predicted octanol–water partition coefficient (Wildman–Crippen LogP) is 3.49. The summed E-state index contributed by atoms with van der Waals surface area (Å²) in [5.41, 5.74) is 3.30. The molecule has 0 fully saturated rings. The minimum atomic E-state index is -0.150. The summed E-state index contributed by atoms with van der Waals surface area (Å²) >= 11 is 0. The first-order valence-corrected chi connectivity index (χ1v) is 10.4. The maximum Gasteiger partial charge on any atom is 0.258 e. The van der Waals surface area contributed by atoms with E-state index in [0.717, 1.165) is 35.9 Å². The average molecular weight is 424 g/mol. The Balaban J connectivity index is 1.42. The van der Waals surface area contributed by atoms with Crippen LogP contribution in [0.15, 0.2) is 42.6 Å². The Morgan fingerprint density at radius 2 is 1.90 bits per heavy atom. The van der Waals surface area contributed by atoms with Crippen molar-refractivity contribution in [3.05, 3.63) is 53.7 Å². The van der Waals surface area contributed by atoms with E-state index in [-0.39, 0.29) is 18.6 Å². The van der Waals surface area contributed by atoms with Gasteiger partial charge >= 0.3 is 0 Å².